The Balaban J connectivity index is 1.71. The minimum atomic E-state index is 0.215. The molecular weight excluding hydrogens is 366 g/mol. The van der Waals surface area contributed by atoms with Crippen LogP contribution in [0.25, 0.3) is 33.7 Å². The molecule has 0 amide bonds. The van der Waals surface area contributed by atoms with E-state index < -0.39 is 0 Å². The fraction of sp³-hybridized carbons (Fsp3) is 0.333. The number of aromatic amines is 1. The van der Waals surface area contributed by atoms with Gasteiger partial charge in [0.15, 0.2) is 0 Å². The quantitative estimate of drug-likeness (QED) is 0.577. The number of aromatic nitrogens is 6. The largest absolute Gasteiger partial charge is 0.377 e. The Morgan fingerprint density at radius 2 is 2.07 bits per heavy atom. The molecule has 1 atom stereocenters. The minimum absolute atomic E-state index is 0.215. The van der Waals surface area contributed by atoms with E-state index >= 15 is 0 Å². The monoisotopic (exact) mass is 389 g/mol. The Bertz CT molecular complexity index is 1150. The lowest BCUT2D eigenvalue weighted by Crippen LogP contribution is -2.44. The molecule has 0 spiro atoms. The van der Waals surface area contributed by atoms with Gasteiger partial charge in [0.1, 0.15) is 5.65 Å². The zero-order valence-electron chi connectivity index (χ0n) is 16.5. The summed E-state index contributed by atoms with van der Waals surface area (Å²) in [4.78, 5) is 19.7. The van der Waals surface area contributed by atoms with E-state index in [1.165, 1.54) is 0 Å². The molecule has 8 nitrogen and oxygen atoms in total. The first-order chi connectivity index (χ1) is 14.2. The van der Waals surface area contributed by atoms with E-state index in [-0.39, 0.29) is 6.04 Å². The van der Waals surface area contributed by atoms with E-state index in [9.17, 15) is 0 Å². The molecule has 5 rings (SSSR count). The van der Waals surface area contributed by atoms with Crippen molar-refractivity contribution in [3.63, 3.8) is 0 Å². The highest BCUT2D eigenvalue weighted by molar-refractivity contribution is 5.92. The Morgan fingerprint density at radius 3 is 2.93 bits per heavy atom. The highest BCUT2D eigenvalue weighted by Crippen LogP contribution is 2.31. The summed E-state index contributed by atoms with van der Waals surface area (Å²) in [5.41, 5.74) is 4.60. The summed E-state index contributed by atoms with van der Waals surface area (Å²) < 4.78 is 7.57. The van der Waals surface area contributed by atoms with Gasteiger partial charge in [-0.1, -0.05) is 0 Å². The van der Waals surface area contributed by atoms with E-state index in [1.54, 1.807) is 0 Å². The number of hydrogen-bond acceptors (Lipinski definition) is 6. The lowest BCUT2D eigenvalue weighted by molar-refractivity contribution is 0.0981. The normalized spacial score (nSPS) is 17.2. The van der Waals surface area contributed by atoms with E-state index in [4.69, 9.17) is 14.7 Å². The van der Waals surface area contributed by atoms with Crippen LogP contribution in [0.4, 0.5) is 5.95 Å². The predicted octanol–water partition coefficient (Wildman–Crippen LogP) is 3.13. The smallest absolute Gasteiger partial charge is 0.226 e. The number of nitrogens with zero attached hydrogens (tertiary/aromatic N) is 6. The van der Waals surface area contributed by atoms with Crippen LogP contribution in [0.3, 0.4) is 0 Å². The van der Waals surface area contributed by atoms with Crippen LogP contribution in [0, 0.1) is 0 Å². The molecule has 148 valence electrons. The van der Waals surface area contributed by atoms with Crippen LogP contribution < -0.4 is 4.90 Å². The van der Waals surface area contributed by atoms with Gasteiger partial charge >= 0.3 is 0 Å². The Labute approximate surface area is 168 Å². The van der Waals surface area contributed by atoms with Crippen molar-refractivity contribution in [3.05, 3.63) is 42.9 Å². The van der Waals surface area contributed by atoms with Crippen molar-refractivity contribution in [2.75, 3.05) is 24.7 Å². The van der Waals surface area contributed by atoms with Crippen molar-refractivity contribution in [1.82, 2.24) is 29.7 Å². The van der Waals surface area contributed by atoms with Gasteiger partial charge in [-0.3, -0.25) is 4.68 Å². The van der Waals surface area contributed by atoms with Crippen LogP contribution in [-0.4, -0.2) is 55.5 Å². The van der Waals surface area contributed by atoms with Gasteiger partial charge in [-0.2, -0.15) is 5.10 Å². The summed E-state index contributed by atoms with van der Waals surface area (Å²) in [6.07, 6.45) is 5.53. The number of nitrogens with one attached hydrogen (secondary N) is 1. The maximum absolute atomic E-state index is 5.61. The summed E-state index contributed by atoms with van der Waals surface area (Å²) in [6.45, 7) is 7.12. The van der Waals surface area contributed by atoms with Crippen LogP contribution in [0.5, 0.6) is 0 Å². The molecule has 0 radical (unpaired) electrons. The molecule has 4 aromatic rings. The Hall–Kier alpha value is -3.26. The first kappa shape index (κ1) is 17.8. The highest BCUT2D eigenvalue weighted by atomic mass is 16.5. The lowest BCUT2D eigenvalue weighted by atomic mass is 10.1. The van der Waals surface area contributed by atoms with Crippen molar-refractivity contribution < 1.29 is 4.74 Å². The number of anilines is 1. The second kappa shape index (κ2) is 7.29. The maximum atomic E-state index is 5.61. The maximum Gasteiger partial charge on any atom is 0.226 e. The topological polar surface area (TPSA) is 84.8 Å². The zero-order chi connectivity index (χ0) is 19.8. The van der Waals surface area contributed by atoms with Crippen LogP contribution in [0.1, 0.15) is 13.8 Å². The summed E-state index contributed by atoms with van der Waals surface area (Å²) in [5, 5.41) is 5.46. The number of morpholine rings is 1. The van der Waals surface area contributed by atoms with E-state index in [0.29, 0.717) is 13.2 Å². The number of hydrogen-bond donors (Lipinski definition) is 1. The SMILES string of the molecule is CCn1nccc1-c1cc(-c2ccnc3[nH]ccc23)nc(N2CCOC[C@H]2C)n1. The Morgan fingerprint density at radius 1 is 1.17 bits per heavy atom. The number of pyridine rings is 1. The Kier molecular flexibility index (Phi) is 4.48. The summed E-state index contributed by atoms with van der Waals surface area (Å²) in [5.74, 6) is 0.720. The van der Waals surface area contributed by atoms with Crippen molar-refractivity contribution in [3.8, 4) is 22.6 Å². The van der Waals surface area contributed by atoms with Gasteiger partial charge in [0.2, 0.25) is 5.95 Å². The van der Waals surface area contributed by atoms with Gasteiger partial charge in [-0.15, -0.1) is 0 Å². The lowest BCUT2D eigenvalue weighted by Gasteiger charge is -2.33. The molecular formula is C21H23N7O. The molecule has 8 heteroatoms. The third-order valence-corrected chi connectivity index (χ3v) is 5.35. The number of fused-ring (bicyclic) bond motifs is 1. The molecule has 1 aliphatic heterocycles. The van der Waals surface area contributed by atoms with Crippen molar-refractivity contribution in [1.29, 1.82) is 0 Å². The van der Waals surface area contributed by atoms with E-state index in [0.717, 1.165) is 52.7 Å². The third kappa shape index (κ3) is 3.15. The van der Waals surface area contributed by atoms with Gasteiger partial charge in [-0.05, 0) is 38.1 Å². The molecule has 5 heterocycles. The number of rotatable bonds is 4. The second-order valence-corrected chi connectivity index (χ2v) is 7.19. The van der Waals surface area contributed by atoms with E-state index in [1.807, 2.05) is 47.5 Å². The molecule has 1 N–H and O–H groups in total. The summed E-state index contributed by atoms with van der Waals surface area (Å²) in [6, 6.07) is 8.30. The molecule has 29 heavy (non-hydrogen) atoms. The molecule has 0 aromatic carbocycles. The molecule has 0 unspecified atom stereocenters. The van der Waals surface area contributed by atoms with Gasteiger partial charge in [0.25, 0.3) is 0 Å². The van der Waals surface area contributed by atoms with Crippen LogP contribution >= 0.6 is 0 Å². The van der Waals surface area contributed by atoms with Gasteiger partial charge in [-0.25, -0.2) is 15.0 Å². The minimum Gasteiger partial charge on any atom is -0.377 e. The summed E-state index contributed by atoms with van der Waals surface area (Å²) in [7, 11) is 0. The molecule has 1 fully saturated rings. The predicted molar refractivity (Wildman–Crippen MR) is 112 cm³/mol. The third-order valence-electron chi connectivity index (χ3n) is 5.35. The van der Waals surface area contributed by atoms with E-state index in [2.05, 4.69) is 33.8 Å². The standard InChI is InChI=1S/C21H23N7O/c1-3-28-19(6-9-24-28)18-12-17(15-4-7-22-20-16(15)5-8-23-20)25-21(26-18)27-10-11-29-13-14(27)2/h4-9,12,14H,3,10-11,13H2,1-2H3,(H,22,23)/t14-/m1/s1. The van der Waals surface area contributed by atoms with Crippen molar-refractivity contribution in [2.24, 2.45) is 0 Å². The first-order valence-corrected chi connectivity index (χ1v) is 9.92. The van der Waals surface area contributed by atoms with Gasteiger partial charge < -0.3 is 14.6 Å². The molecule has 1 aliphatic rings. The number of ether oxygens (including phenoxy) is 1. The van der Waals surface area contributed by atoms with Gasteiger partial charge in [0, 0.05) is 42.6 Å². The van der Waals surface area contributed by atoms with Crippen molar-refractivity contribution >= 4 is 17.0 Å². The molecule has 1 saturated heterocycles. The second-order valence-electron chi connectivity index (χ2n) is 7.19. The van der Waals surface area contributed by atoms with Crippen LogP contribution in [0.2, 0.25) is 0 Å². The molecule has 4 aromatic heterocycles. The average Bonchev–Trinajstić information content (AvgIpc) is 3.42. The number of H-pyrrole nitrogens is 1. The van der Waals surface area contributed by atoms with Crippen LogP contribution in [-0.2, 0) is 11.3 Å². The van der Waals surface area contributed by atoms with Crippen molar-refractivity contribution in [2.45, 2.75) is 26.4 Å². The average molecular weight is 389 g/mol. The first-order valence-electron chi connectivity index (χ1n) is 9.92. The molecule has 0 aliphatic carbocycles. The zero-order valence-corrected chi connectivity index (χ0v) is 16.5. The fourth-order valence-electron chi connectivity index (χ4n) is 3.84. The van der Waals surface area contributed by atoms with Crippen LogP contribution in [0.15, 0.2) is 42.9 Å². The number of aryl methyl sites for hydroxylation is 1. The molecule has 0 bridgehead atoms. The fourth-order valence-corrected chi connectivity index (χ4v) is 3.84. The van der Waals surface area contributed by atoms with Gasteiger partial charge in [0.05, 0.1) is 36.3 Å². The molecule has 0 saturated carbocycles. The summed E-state index contributed by atoms with van der Waals surface area (Å²) >= 11 is 0. The highest BCUT2D eigenvalue weighted by Gasteiger charge is 2.23.